The largest absolute Gasteiger partial charge is 0.327 e. The zero-order valence-electron chi connectivity index (χ0n) is 10.3. The summed E-state index contributed by atoms with van der Waals surface area (Å²) in [6.45, 7) is 12.3. The molecule has 0 bridgehead atoms. The van der Waals surface area contributed by atoms with E-state index in [1.165, 1.54) is 18.4 Å². The quantitative estimate of drug-likeness (QED) is 0.558. The zero-order valence-corrected chi connectivity index (χ0v) is 12.1. The van der Waals surface area contributed by atoms with E-state index in [1.807, 2.05) is 0 Å². The Morgan fingerprint density at radius 1 is 1.43 bits per heavy atom. The molecule has 3 heteroatoms. The Morgan fingerprint density at radius 3 is 2.29 bits per heavy atom. The van der Waals surface area contributed by atoms with Gasteiger partial charge in [0, 0.05) is 11.8 Å². The average Bonchev–Trinajstić information content (AvgIpc) is 2.10. The minimum Gasteiger partial charge on any atom is -0.327 e. The first-order chi connectivity index (χ1) is 6.42. The van der Waals surface area contributed by atoms with Crippen LogP contribution in [0.15, 0.2) is 11.6 Å². The summed E-state index contributed by atoms with van der Waals surface area (Å²) in [6.07, 6.45) is 4.61. The topological polar surface area (TPSA) is 26.0 Å². The van der Waals surface area contributed by atoms with E-state index in [-0.39, 0.29) is 0 Å². The summed E-state index contributed by atoms with van der Waals surface area (Å²) in [5.74, 6) is 0. The van der Waals surface area contributed by atoms with Gasteiger partial charge in [-0.05, 0) is 19.8 Å². The highest BCUT2D eigenvalue weighted by Crippen LogP contribution is 2.30. The molecule has 1 nitrogen and oxygen atoms in total. The molecule has 2 N–H and O–H groups in total. The minimum atomic E-state index is -0.985. The molecule has 0 amide bonds. The van der Waals surface area contributed by atoms with Gasteiger partial charge >= 0.3 is 0 Å². The van der Waals surface area contributed by atoms with E-state index < -0.39 is 7.22 Å². The minimum absolute atomic E-state index is 0.721. The van der Waals surface area contributed by atoms with E-state index in [2.05, 4.69) is 50.8 Å². The summed E-state index contributed by atoms with van der Waals surface area (Å²) in [7, 11) is -0.985. The van der Waals surface area contributed by atoms with Crippen molar-refractivity contribution in [1.29, 1.82) is 0 Å². The van der Waals surface area contributed by atoms with Gasteiger partial charge < -0.3 is 5.73 Å². The van der Waals surface area contributed by atoms with Crippen LogP contribution in [0.5, 0.6) is 0 Å². The molecule has 0 saturated carbocycles. The van der Waals surface area contributed by atoms with Crippen LogP contribution in [-0.2, 0) is 0 Å². The molecule has 0 radical (unpaired) electrons. The molecule has 14 heavy (non-hydrogen) atoms. The van der Waals surface area contributed by atoms with Crippen LogP contribution in [0, 0.1) is 0 Å². The number of rotatable bonds is 6. The van der Waals surface area contributed by atoms with E-state index in [9.17, 15) is 0 Å². The molecule has 1 unspecified atom stereocenters. The molecule has 0 fully saturated rings. The molecule has 0 saturated heterocycles. The zero-order chi connectivity index (χ0) is 11.2. The van der Waals surface area contributed by atoms with E-state index in [4.69, 9.17) is 5.73 Å². The predicted molar refractivity (Wildman–Crippen MR) is 72.4 cm³/mol. The van der Waals surface area contributed by atoms with Gasteiger partial charge in [-0.3, -0.25) is 0 Å². The monoisotopic (exact) mass is 231 g/mol. The van der Waals surface area contributed by atoms with Crippen LogP contribution in [0.2, 0.25) is 19.6 Å². The first kappa shape index (κ1) is 14.3. The predicted octanol–water partition coefficient (Wildman–Crippen LogP) is 3.63. The highest BCUT2D eigenvalue weighted by Gasteiger charge is 2.20. The molecule has 0 aromatic carbocycles. The third-order valence-corrected chi connectivity index (χ3v) is 6.80. The second-order valence-electron chi connectivity index (χ2n) is 4.62. The maximum absolute atomic E-state index is 5.68. The van der Waals surface area contributed by atoms with Crippen LogP contribution in [0.25, 0.3) is 0 Å². The van der Waals surface area contributed by atoms with Gasteiger partial charge in [0.2, 0.25) is 0 Å². The molecule has 0 aliphatic carbocycles. The van der Waals surface area contributed by atoms with Gasteiger partial charge in [-0.2, -0.15) is 11.2 Å². The van der Waals surface area contributed by atoms with Gasteiger partial charge in [0.25, 0.3) is 0 Å². The molecule has 0 heterocycles. The molecule has 0 aromatic heterocycles. The van der Waals surface area contributed by atoms with Crippen LogP contribution in [0.3, 0.4) is 0 Å². The Bertz CT molecular complexity index is 184. The smallest absolute Gasteiger partial charge is 0.108 e. The van der Waals surface area contributed by atoms with Crippen molar-refractivity contribution in [1.82, 2.24) is 0 Å². The number of allylic oxidation sites excluding steroid dienone is 1. The van der Waals surface area contributed by atoms with Crippen LogP contribution >= 0.6 is 11.2 Å². The maximum atomic E-state index is 5.68. The molecule has 1 atom stereocenters. The standard InChI is InChI=1S/C11H25NSSi/c1-6-10(9-12)8-11(7-2)13-14(3,4)5/h6,11H,7-9,12H2,1-5H3. The maximum Gasteiger partial charge on any atom is 0.108 e. The fourth-order valence-corrected chi connectivity index (χ4v) is 6.59. The summed E-state index contributed by atoms with van der Waals surface area (Å²) >= 11 is 2.20. The van der Waals surface area contributed by atoms with Crippen molar-refractivity contribution in [2.24, 2.45) is 5.73 Å². The van der Waals surface area contributed by atoms with Crippen molar-refractivity contribution in [2.75, 3.05) is 6.54 Å². The molecule has 84 valence electrons. The van der Waals surface area contributed by atoms with Crippen LogP contribution < -0.4 is 5.73 Å². The van der Waals surface area contributed by atoms with Crippen molar-refractivity contribution < 1.29 is 0 Å². The summed E-state index contributed by atoms with van der Waals surface area (Å²) in [6, 6.07) is 0. The molecule has 0 rings (SSSR count). The van der Waals surface area contributed by atoms with Gasteiger partial charge in [-0.1, -0.05) is 38.2 Å². The lowest BCUT2D eigenvalue weighted by molar-refractivity contribution is 0.795. The second kappa shape index (κ2) is 6.70. The highest BCUT2D eigenvalue weighted by molar-refractivity contribution is 8.29. The Kier molecular flexibility index (Phi) is 6.82. The summed E-state index contributed by atoms with van der Waals surface area (Å²) in [4.78, 5) is 0. The molecular weight excluding hydrogens is 206 g/mol. The molecule has 0 aliphatic rings. The lowest BCUT2D eigenvalue weighted by Crippen LogP contribution is -2.21. The fraction of sp³-hybridized carbons (Fsp3) is 0.818. The Labute approximate surface area is 94.2 Å². The molecular formula is C11H25NSSi. The SMILES string of the molecule is CC=C(CN)CC(CC)S[Si](C)(C)C. The van der Waals surface area contributed by atoms with Crippen LogP contribution in [0.1, 0.15) is 26.7 Å². The lowest BCUT2D eigenvalue weighted by Gasteiger charge is -2.24. The van der Waals surface area contributed by atoms with E-state index >= 15 is 0 Å². The van der Waals surface area contributed by atoms with Gasteiger partial charge in [-0.15, -0.1) is 0 Å². The summed E-state index contributed by atoms with van der Waals surface area (Å²) < 4.78 is 0. The molecule has 0 aliphatic heterocycles. The van der Waals surface area contributed by atoms with Crippen molar-refractivity contribution in [3.05, 3.63) is 11.6 Å². The number of hydrogen-bond acceptors (Lipinski definition) is 2. The first-order valence-corrected chi connectivity index (χ1v) is 10.5. The van der Waals surface area contributed by atoms with Gasteiger partial charge in [0.05, 0.1) is 0 Å². The van der Waals surface area contributed by atoms with Crippen LogP contribution in [-0.4, -0.2) is 19.0 Å². The third-order valence-electron chi connectivity index (χ3n) is 2.14. The van der Waals surface area contributed by atoms with Crippen molar-refractivity contribution in [3.63, 3.8) is 0 Å². The molecule has 0 spiro atoms. The Balaban J connectivity index is 4.16. The van der Waals surface area contributed by atoms with E-state index in [1.54, 1.807) is 0 Å². The summed E-state index contributed by atoms with van der Waals surface area (Å²) in [5, 5.41) is 0.774. The Morgan fingerprint density at radius 2 is 2.00 bits per heavy atom. The first-order valence-electron chi connectivity index (χ1n) is 5.44. The lowest BCUT2D eigenvalue weighted by atomic mass is 10.1. The third kappa shape index (κ3) is 6.68. The van der Waals surface area contributed by atoms with Gasteiger partial charge in [0.15, 0.2) is 0 Å². The van der Waals surface area contributed by atoms with Crippen LogP contribution in [0.4, 0.5) is 0 Å². The summed E-state index contributed by atoms with van der Waals surface area (Å²) in [5.41, 5.74) is 7.09. The number of hydrogen-bond donors (Lipinski definition) is 1. The normalized spacial score (nSPS) is 15.7. The Hall–Kier alpha value is 0.267. The van der Waals surface area contributed by atoms with Crippen molar-refractivity contribution in [2.45, 2.75) is 51.6 Å². The fourth-order valence-electron chi connectivity index (χ4n) is 1.38. The highest BCUT2D eigenvalue weighted by atomic mass is 32.4. The van der Waals surface area contributed by atoms with E-state index in [0.29, 0.717) is 0 Å². The van der Waals surface area contributed by atoms with Gasteiger partial charge in [0.1, 0.15) is 7.22 Å². The van der Waals surface area contributed by atoms with Crippen molar-refractivity contribution in [3.8, 4) is 0 Å². The second-order valence-corrected chi connectivity index (χ2v) is 14.1. The average molecular weight is 231 g/mol. The van der Waals surface area contributed by atoms with Crippen molar-refractivity contribution >= 4 is 18.4 Å². The van der Waals surface area contributed by atoms with Gasteiger partial charge in [-0.25, -0.2) is 0 Å². The number of nitrogens with two attached hydrogens (primary N) is 1. The van der Waals surface area contributed by atoms with E-state index in [0.717, 1.165) is 11.8 Å². The molecule has 0 aromatic rings.